The van der Waals surface area contributed by atoms with Gasteiger partial charge in [0, 0.05) is 36.1 Å². The van der Waals surface area contributed by atoms with Crippen molar-refractivity contribution in [2.24, 2.45) is 5.92 Å². The topological polar surface area (TPSA) is 45.2 Å². The Hall–Kier alpha value is -1.43. The first-order valence-electron chi connectivity index (χ1n) is 8.27. The Balaban J connectivity index is 1.54. The summed E-state index contributed by atoms with van der Waals surface area (Å²) in [4.78, 5) is 19.0. The van der Waals surface area contributed by atoms with Crippen molar-refractivity contribution in [2.45, 2.75) is 32.7 Å². The second-order valence-electron chi connectivity index (χ2n) is 6.39. The lowest BCUT2D eigenvalue weighted by molar-refractivity contribution is -0.114. The molecule has 1 aromatic heterocycles. The molecule has 1 saturated heterocycles. The maximum absolute atomic E-state index is 11.1. The van der Waals surface area contributed by atoms with Gasteiger partial charge in [0.25, 0.3) is 0 Å². The Labute approximate surface area is 151 Å². The molecular formula is C18H22ClN3OS. The van der Waals surface area contributed by atoms with Gasteiger partial charge >= 0.3 is 0 Å². The maximum Gasteiger partial charge on any atom is 0.223 e. The third kappa shape index (κ3) is 5.03. The van der Waals surface area contributed by atoms with E-state index in [0.717, 1.165) is 31.1 Å². The molecule has 0 bridgehead atoms. The summed E-state index contributed by atoms with van der Waals surface area (Å²) in [6.45, 7) is 4.65. The molecule has 1 amide bonds. The van der Waals surface area contributed by atoms with Crippen LogP contribution in [0.2, 0.25) is 5.02 Å². The van der Waals surface area contributed by atoms with Crippen molar-refractivity contribution in [3.63, 3.8) is 0 Å². The molecule has 0 spiro atoms. The summed E-state index contributed by atoms with van der Waals surface area (Å²) in [7, 11) is 0. The lowest BCUT2D eigenvalue weighted by Gasteiger charge is -2.32. The number of anilines is 1. The molecule has 1 fully saturated rings. The first-order valence-corrected chi connectivity index (χ1v) is 9.47. The number of aromatic nitrogens is 1. The van der Waals surface area contributed by atoms with Gasteiger partial charge in [-0.15, -0.1) is 11.3 Å². The Morgan fingerprint density at radius 2 is 2.21 bits per heavy atom. The summed E-state index contributed by atoms with van der Waals surface area (Å²) in [5.74, 6) is 0.611. The van der Waals surface area contributed by atoms with Crippen LogP contribution in [0.25, 0.3) is 0 Å². The molecule has 1 N–H and O–H groups in total. The van der Waals surface area contributed by atoms with Crippen molar-refractivity contribution in [3.05, 3.63) is 45.9 Å². The molecule has 1 aliphatic rings. The predicted molar refractivity (Wildman–Crippen MR) is 99.6 cm³/mol. The van der Waals surface area contributed by atoms with E-state index in [0.29, 0.717) is 11.0 Å². The van der Waals surface area contributed by atoms with Gasteiger partial charge in [0.05, 0.1) is 0 Å². The number of hydrogen-bond donors (Lipinski definition) is 1. The fourth-order valence-corrected chi connectivity index (χ4v) is 4.25. The Kier molecular flexibility index (Phi) is 5.87. The van der Waals surface area contributed by atoms with Gasteiger partial charge in [0.2, 0.25) is 5.91 Å². The molecule has 1 aromatic carbocycles. The molecule has 24 heavy (non-hydrogen) atoms. The zero-order chi connectivity index (χ0) is 16.9. The van der Waals surface area contributed by atoms with Crippen LogP contribution in [-0.2, 0) is 17.8 Å². The largest absolute Gasteiger partial charge is 0.302 e. The van der Waals surface area contributed by atoms with E-state index in [9.17, 15) is 4.79 Å². The Morgan fingerprint density at radius 1 is 1.42 bits per heavy atom. The number of amides is 1. The number of hydrogen-bond acceptors (Lipinski definition) is 4. The summed E-state index contributed by atoms with van der Waals surface area (Å²) in [6.07, 6.45) is 5.49. The molecule has 3 rings (SSSR count). The van der Waals surface area contributed by atoms with E-state index in [1.807, 2.05) is 18.3 Å². The number of likely N-dealkylation sites (tertiary alicyclic amines) is 1. The van der Waals surface area contributed by atoms with Gasteiger partial charge in [-0.2, -0.15) is 0 Å². The van der Waals surface area contributed by atoms with Gasteiger partial charge < -0.3 is 5.32 Å². The second-order valence-corrected chi connectivity index (χ2v) is 7.94. The number of halogens is 1. The first-order chi connectivity index (χ1) is 11.6. The highest BCUT2D eigenvalue weighted by atomic mass is 35.5. The summed E-state index contributed by atoms with van der Waals surface area (Å²) in [6, 6.07) is 8.20. The van der Waals surface area contributed by atoms with Gasteiger partial charge in [-0.05, 0) is 49.4 Å². The smallest absolute Gasteiger partial charge is 0.223 e. The minimum absolute atomic E-state index is 0.0723. The lowest BCUT2D eigenvalue weighted by Crippen LogP contribution is -2.35. The van der Waals surface area contributed by atoms with Crippen LogP contribution in [0, 0.1) is 5.92 Å². The number of rotatable bonds is 5. The maximum atomic E-state index is 11.1. The summed E-state index contributed by atoms with van der Waals surface area (Å²) < 4.78 is 0. The van der Waals surface area contributed by atoms with E-state index >= 15 is 0 Å². The minimum atomic E-state index is -0.0723. The van der Waals surface area contributed by atoms with Gasteiger partial charge in [-0.25, -0.2) is 4.98 Å². The molecule has 128 valence electrons. The number of benzene rings is 1. The highest BCUT2D eigenvalue weighted by Crippen LogP contribution is 2.25. The van der Waals surface area contributed by atoms with Gasteiger partial charge in [-0.1, -0.05) is 23.7 Å². The molecule has 1 atom stereocenters. The first kappa shape index (κ1) is 17.4. The quantitative estimate of drug-likeness (QED) is 0.865. The molecule has 4 nitrogen and oxygen atoms in total. The number of piperidine rings is 1. The van der Waals surface area contributed by atoms with Crippen LogP contribution in [0.1, 0.15) is 30.2 Å². The molecule has 0 aliphatic carbocycles. The Morgan fingerprint density at radius 3 is 2.96 bits per heavy atom. The number of carbonyl (C=O) groups excluding carboxylic acids is 1. The third-order valence-electron chi connectivity index (χ3n) is 4.26. The highest BCUT2D eigenvalue weighted by molar-refractivity contribution is 7.15. The SMILES string of the molecule is CC(=O)Nc1ncc(CN2CCC[C@H](Cc3ccc(Cl)cc3)C2)s1. The number of nitrogens with zero attached hydrogens (tertiary/aromatic N) is 2. The fraction of sp³-hybridized carbons (Fsp3) is 0.444. The lowest BCUT2D eigenvalue weighted by atomic mass is 9.91. The monoisotopic (exact) mass is 363 g/mol. The molecular weight excluding hydrogens is 342 g/mol. The zero-order valence-electron chi connectivity index (χ0n) is 13.8. The molecule has 2 aromatic rings. The zero-order valence-corrected chi connectivity index (χ0v) is 15.4. The van der Waals surface area contributed by atoms with Crippen LogP contribution in [-0.4, -0.2) is 28.9 Å². The minimum Gasteiger partial charge on any atom is -0.302 e. The van der Waals surface area contributed by atoms with Crippen LogP contribution in [0.15, 0.2) is 30.5 Å². The summed E-state index contributed by atoms with van der Waals surface area (Å²) >= 11 is 7.52. The second kappa shape index (κ2) is 8.10. The third-order valence-corrected chi connectivity index (χ3v) is 5.41. The van der Waals surface area contributed by atoms with E-state index < -0.39 is 0 Å². The molecule has 0 saturated carbocycles. The van der Waals surface area contributed by atoms with E-state index in [1.165, 1.54) is 30.2 Å². The van der Waals surface area contributed by atoms with Crippen LogP contribution in [0.5, 0.6) is 0 Å². The van der Waals surface area contributed by atoms with E-state index in [1.54, 1.807) is 11.3 Å². The van der Waals surface area contributed by atoms with Crippen LogP contribution < -0.4 is 5.32 Å². The van der Waals surface area contributed by atoms with Crippen molar-refractivity contribution in [3.8, 4) is 0 Å². The molecule has 0 unspecified atom stereocenters. The molecule has 0 radical (unpaired) electrons. The normalized spacial score (nSPS) is 18.5. The number of nitrogens with one attached hydrogen (secondary N) is 1. The highest BCUT2D eigenvalue weighted by Gasteiger charge is 2.21. The van der Waals surface area contributed by atoms with Gasteiger partial charge in [0.15, 0.2) is 5.13 Å². The van der Waals surface area contributed by atoms with E-state index in [4.69, 9.17) is 11.6 Å². The van der Waals surface area contributed by atoms with Gasteiger partial charge in [0.1, 0.15) is 0 Å². The average molecular weight is 364 g/mol. The van der Waals surface area contributed by atoms with Crippen LogP contribution in [0.3, 0.4) is 0 Å². The van der Waals surface area contributed by atoms with Crippen molar-refractivity contribution in [2.75, 3.05) is 18.4 Å². The summed E-state index contributed by atoms with van der Waals surface area (Å²) in [5, 5.41) is 4.23. The molecule has 2 heterocycles. The Bertz CT molecular complexity index is 686. The van der Waals surface area contributed by atoms with Crippen LogP contribution in [0.4, 0.5) is 5.13 Å². The van der Waals surface area contributed by atoms with Crippen molar-refractivity contribution < 1.29 is 4.79 Å². The predicted octanol–water partition coefficient (Wildman–Crippen LogP) is 4.21. The van der Waals surface area contributed by atoms with E-state index in [-0.39, 0.29) is 5.91 Å². The molecule has 6 heteroatoms. The van der Waals surface area contributed by atoms with Crippen molar-refractivity contribution >= 4 is 34.0 Å². The molecule has 1 aliphatic heterocycles. The summed E-state index contributed by atoms with van der Waals surface area (Å²) in [5.41, 5.74) is 1.36. The van der Waals surface area contributed by atoms with Crippen LogP contribution >= 0.6 is 22.9 Å². The number of carbonyl (C=O) groups is 1. The average Bonchev–Trinajstić information content (AvgIpc) is 2.96. The standard InChI is InChI=1S/C18H22ClN3OS/c1-13(23)21-18-20-10-17(24-18)12-22-8-2-3-15(11-22)9-14-4-6-16(19)7-5-14/h4-7,10,15H,2-3,8-9,11-12H2,1H3,(H,20,21,23)/t15-/m1/s1. The van der Waals surface area contributed by atoms with Crippen molar-refractivity contribution in [1.82, 2.24) is 9.88 Å². The fourth-order valence-electron chi connectivity index (χ4n) is 3.22. The number of thiazole rings is 1. The van der Waals surface area contributed by atoms with Crippen molar-refractivity contribution in [1.29, 1.82) is 0 Å². The van der Waals surface area contributed by atoms with Gasteiger partial charge in [-0.3, -0.25) is 9.69 Å². The van der Waals surface area contributed by atoms with E-state index in [2.05, 4.69) is 27.3 Å².